The summed E-state index contributed by atoms with van der Waals surface area (Å²) in [5.74, 6) is 0.144. The lowest BCUT2D eigenvalue weighted by Gasteiger charge is -1.79. The molecule has 0 bridgehead atoms. The third kappa shape index (κ3) is 3.53. The third-order valence-electron chi connectivity index (χ3n) is 1.91. The summed E-state index contributed by atoms with van der Waals surface area (Å²) >= 11 is 0. The number of ketones is 2. The molecule has 5 nitrogen and oxygen atoms in total. The largest absolute Gasteiger partial charge is 0.367 e. The number of H-pyrrole nitrogens is 2. The molecule has 0 unspecified atom stereocenters. The van der Waals surface area contributed by atoms with Crippen molar-refractivity contribution in [2.24, 2.45) is 0 Å². The fourth-order valence-electron chi connectivity index (χ4n) is 0.986. The van der Waals surface area contributed by atoms with Crippen molar-refractivity contribution in [3.63, 3.8) is 0 Å². The Hall–Kier alpha value is -2.17. The Labute approximate surface area is 92.9 Å². The van der Waals surface area contributed by atoms with Crippen LogP contribution in [0.3, 0.4) is 0 Å². The first kappa shape index (κ1) is 11.9. The van der Waals surface area contributed by atoms with Gasteiger partial charge < -0.3 is 4.98 Å². The van der Waals surface area contributed by atoms with Gasteiger partial charge in [0.25, 0.3) is 0 Å². The van der Waals surface area contributed by atoms with E-state index in [9.17, 15) is 9.59 Å². The van der Waals surface area contributed by atoms with Crippen LogP contribution in [0.4, 0.5) is 0 Å². The number of rotatable bonds is 2. The highest BCUT2D eigenvalue weighted by Crippen LogP contribution is 1.95. The maximum atomic E-state index is 10.5. The SMILES string of the molecule is CC(=O)c1cc[nH]c1.CC(=O)c1cn[nH]c1. The summed E-state index contributed by atoms with van der Waals surface area (Å²) in [6.07, 6.45) is 6.49. The lowest BCUT2D eigenvalue weighted by molar-refractivity contribution is 0.100. The molecule has 2 heterocycles. The number of carbonyl (C=O) groups excluding carboxylic acids is 2. The monoisotopic (exact) mass is 219 g/mol. The van der Waals surface area contributed by atoms with E-state index in [4.69, 9.17) is 0 Å². The van der Waals surface area contributed by atoms with E-state index in [2.05, 4.69) is 15.2 Å². The summed E-state index contributed by atoms with van der Waals surface area (Å²) in [4.78, 5) is 23.7. The number of aromatic amines is 2. The zero-order valence-electron chi connectivity index (χ0n) is 9.15. The van der Waals surface area contributed by atoms with Gasteiger partial charge in [-0.15, -0.1) is 0 Å². The number of hydrogen-bond acceptors (Lipinski definition) is 3. The molecule has 0 amide bonds. The zero-order valence-corrected chi connectivity index (χ0v) is 9.15. The molecule has 0 atom stereocenters. The minimum atomic E-state index is 0.0405. The van der Waals surface area contributed by atoms with Crippen LogP contribution in [-0.4, -0.2) is 26.7 Å². The molecule has 2 aromatic rings. The molecule has 2 N–H and O–H groups in total. The van der Waals surface area contributed by atoms with Gasteiger partial charge in [-0.3, -0.25) is 14.7 Å². The Morgan fingerprint density at radius 3 is 2.06 bits per heavy atom. The molecule has 2 rings (SSSR count). The molecule has 0 aliphatic rings. The second kappa shape index (κ2) is 5.65. The van der Waals surface area contributed by atoms with Crippen molar-refractivity contribution in [1.29, 1.82) is 0 Å². The summed E-state index contributed by atoms with van der Waals surface area (Å²) in [6.45, 7) is 3.05. The van der Waals surface area contributed by atoms with Crippen LogP contribution in [0.2, 0.25) is 0 Å². The predicted molar refractivity (Wildman–Crippen MR) is 59.4 cm³/mol. The van der Waals surface area contributed by atoms with Gasteiger partial charge in [0.15, 0.2) is 11.6 Å². The van der Waals surface area contributed by atoms with Crippen molar-refractivity contribution in [1.82, 2.24) is 15.2 Å². The van der Waals surface area contributed by atoms with Gasteiger partial charge in [-0.1, -0.05) is 0 Å². The first-order valence-corrected chi connectivity index (χ1v) is 4.74. The van der Waals surface area contributed by atoms with Crippen molar-refractivity contribution in [3.8, 4) is 0 Å². The molecule has 0 saturated carbocycles. The molecule has 0 saturated heterocycles. The number of aromatic nitrogens is 3. The van der Waals surface area contributed by atoms with Gasteiger partial charge in [-0.2, -0.15) is 5.10 Å². The number of hydrogen-bond donors (Lipinski definition) is 2. The average Bonchev–Trinajstić information content (AvgIpc) is 2.93. The number of Topliss-reactive ketones (excluding diaryl/α,β-unsaturated/α-hetero) is 2. The topological polar surface area (TPSA) is 78.6 Å². The van der Waals surface area contributed by atoms with Gasteiger partial charge in [0, 0.05) is 24.2 Å². The summed E-state index contributed by atoms with van der Waals surface area (Å²) < 4.78 is 0. The van der Waals surface area contributed by atoms with Crippen molar-refractivity contribution >= 4 is 11.6 Å². The number of nitrogens with zero attached hydrogens (tertiary/aromatic N) is 1. The molecule has 5 heteroatoms. The average molecular weight is 219 g/mol. The highest BCUT2D eigenvalue weighted by molar-refractivity contribution is 5.93. The van der Waals surface area contributed by atoms with E-state index in [1.54, 1.807) is 31.6 Å². The second-order valence-corrected chi connectivity index (χ2v) is 3.20. The van der Waals surface area contributed by atoms with E-state index < -0.39 is 0 Å². The summed E-state index contributed by atoms with van der Waals surface area (Å²) in [7, 11) is 0. The molecular weight excluding hydrogens is 206 g/mol. The van der Waals surface area contributed by atoms with Crippen LogP contribution in [0.1, 0.15) is 34.6 Å². The molecule has 16 heavy (non-hydrogen) atoms. The van der Waals surface area contributed by atoms with E-state index >= 15 is 0 Å². The van der Waals surface area contributed by atoms with Gasteiger partial charge in [0.1, 0.15) is 0 Å². The first-order valence-electron chi connectivity index (χ1n) is 4.74. The Bertz CT molecular complexity index is 399. The van der Waals surface area contributed by atoms with Crippen molar-refractivity contribution in [2.75, 3.05) is 0 Å². The number of carbonyl (C=O) groups is 2. The third-order valence-corrected chi connectivity index (χ3v) is 1.91. The standard InChI is InChI=1S/C6H7NO.C5H6N2O/c1-5(8)6-2-3-7-4-6;1-4(8)5-2-6-7-3-5/h2-4,7H,1H3;2-3H,1H3,(H,6,7). The van der Waals surface area contributed by atoms with E-state index in [0.29, 0.717) is 5.56 Å². The second-order valence-electron chi connectivity index (χ2n) is 3.20. The molecule has 0 fully saturated rings. The van der Waals surface area contributed by atoms with Crippen LogP contribution < -0.4 is 0 Å². The van der Waals surface area contributed by atoms with Crippen LogP contribution in [0.15, 0.2) is 30.9 Å². The molecule has 0 aliphatic carbocycles. The van der Waals surface area contributed by atoms with E-state index in [1.165, 1.54) is 13.1 Å². The molecule has 2 aromatic heterocycles. The van der Waals surface area contributed by atoms with Crippen LogP contribution in [0.25, 0.3) is 0 Å². The van der Waals surface area contributed by atoms with Crippen molar-refractivity contribution in [2.45, 2.75) is 13.8 Å². The van der Waals surface area contributed by atoms with Gasteiger partial charge in [0.05, 0.1) is 11.8 Å². The lowest BCUT2D eigenvalue weighted by Crippen LogP contribution is -1.85. The van der Waals surface area contributed by atoms with E-state index in [1.807, 2.05) is 0 Å². The maximum absolute atomic E-state index is 10.5. The maximum Gasteiger partial charge on any atom is 0.162 e. The van der Waals surface area contributed by atoms with Crippen LogP contribution >= 0.6 is 0 Å². The van der Waals surface area contributed by atoms with Gasteiger partial charge in [-0.05, 0) is 19.9 Å². The summed E-state index contributed by atoms with van der Waals surface area (Å²) in [6, 6.07) is 1.75. The normalized spacial score (nSPS) is 9.12. The van der Waals surface area contributed by atoms with Gasteiger partial charge in [0.2, 0.25) is 0 Å². The minimum Gasteiger partial charge on any atom is -0.367 e. The molecule has 0 aliphatic heterocycles. The fraction of sp³-hybridized carbons (Fsp3) is 0.182. The quantitative estimate of drug-likeness (QED) is 0.756. The van der Waals surface area contributed by atoms with E-state index in [0.717, 1.165) is 5.56 Å². The van der Waals surface area contributed by atoms with Gasteiger partial charge >= 0.3 is 0 Å². The summed E-state index contributed by atoms with van der Waals surface area (Å²) in [5.41, 5.74) is 1.37. The number of nitrogens with one attached hydrogen (secondary N) is 2. The molecule has 0 radical (unpaired) electrons. The fourth-order valence-corrected chi connectivity index (χ4v) is 0.986. The first-order chi connectivity index (χ1) is 7.61. The Balaban J connectivity index is 0.000000160. The van der Waals surface area contributed by atoms with Crippen molar-refractivity contribution < 1.29 is 9.59 Å². The minimum absolute atomic E-state index is 0.0405. The van der Waals surface area contributed by atoms with Crippen LogP contribution in [0, 0.1) is 0 Å². The van der Waals surface area contributed by atoms with Crippen LogP contribution in [-0.2, 0) is 0 Å². The van der Waals surface area contributed by atoms with Crippen molar-refractivity contribution in [3.05, 3.63) is 42.0 Å². The highest BCUT2D eigenvalue weighted by atomic mass is 16.1. The lowest BCUT2D eigenvalue weighted by atomic mass is 10.2. The molecular formula is C11H13N3O2. The van der Waals surface area contributed by atoms with E-state index in [-0.39, 0.29) is 11.6 Å². The highest BCUT2D eigenvalue weighted by Gasteiger charge is 1.96. The van der Waals surface area contributed by atoms with Gasteiger partial charge in [-0.25, -0.2) is 0 Å². The Morgan fingerprint density at radius 2 is 1.81 bits per heavy atom. The molecule has 0 aromatic carbocycles. The molecule has 0 spiro atoms. The zero-order chi connectivity index (χ0) is 12.0. The summed E-state index contributed by atoms with van der Waals surface area (Å²) in [5, 5.41) is 6.14. The molecule has 84 valence electrons. The Morgan fingerprint density at radius 1 is 1.12 bits per heavy atom. The Kier molecular flexibility index (Phi) is 4.20. The smallest absolute Gasteiger partial charge is 0.162 e. The predicted octanol–water partition coefficient (Wildman–Crippen LogP) is 1.83. The van der Waals surface area contributed by atoms with Crippen LogP contribution in [0.5, 0.6) is 0 Å².